The van der Waals surface area contributed by atoms with E-state index in [9.17, 15) is 4.79 Å². The van der Waals surface area contributed by atoms with Crippen molar-refractivity contribution < 1.29 is 9.53 Å². The molecule has 1 fully saturated rings. The van der Waals surface area contributed by atoms with Crippen LogP contribution < -0.4 is 10.2 Å². The number of aromatic nitrogens is 4. The quantitative estimate of drug-likeness (QED) is 0.717. The molecule has 29 heavy (non-hydrogen) atoms. The van der Waals surface area contributed by atoms with E-state index in [-0.39, 0.29) is 18.1 Å². The molecule has 0 saturated carbocycles. The Hall–Kier alpha value is -3.26. The molecule has 8 heteroatoms. The normalized spacial score (nSPS) is 19.2. The maximum Gasteiger partial charge on any atom is 0.253 e. The number of carbonyl (C=O) groups is 1. The van der Waals surface area contributed by atoms with Gasteiger partial charge in [0.1, 0.15) is 5.82 Å². The largest absolute Gasteiger partial charge is 0.372 e. The molecule has 2 atom stereocenters. The van der Waals surface area contributed by atoms with E-state index in [0.29, 0.717) is 17.9 Å². The fraction of sp³-hybridized carbons (Fsp3) is 0.333. The number of hydrogen-bond acceptors (Lipinski definition) is 6. The van der Waals surface area contributed by atoms with Crippen molar-refractivity contribution in [3.8, 4) is 5.82 Å². The van der Waals surface area contributed by atoms with E-state index in [1.165, 1.54) is 0 Å². The summed E-state index contributed by atoms with van der Waals surface area (Å²) in [5.41, 5.74) is 1.40. The number of rotatable bonds is 5. The molecule has 3 aromatic rings. The van der Waals surface area contributed by atoms with Gasteiger partial charge in [-0.25, -0.2) is 14.6 Å². The minimum Gasteiger partial charge on any atom is -0.372 e. The Balaban J connectivity index is 1.41. The topological polar surface area (TPSA) is 85.2 Å². The fourth-order valence-corrected chi connectivity index (χ4v) is 3.52. The Kier molecular flexibility index (Phi) is 5.53. The van der Waals surface area contributed by atoms with Crippen LogP contribution in [0.25, 0.3) is 5.82 Å². The van der Waals surface area contributed by atoms with Gasteiger partial charge < -0.3 is 15.0 Å². The van der Waals surface area contributed by atoms with E-state index in [2.05, 4.69) is 39.1 Å². The summed E-state index contributed by atoms with van der Waals surface area (Å²) in [4.78, 5) is 23.6. The summed E-state index contributed by atoms with van der Waals surface area (Å²) in [5, 5.41) is 7.15. The highest BCUT2D eigenvalue weighted by Crippen LogP contribution is 2.18. The van der Waals surface area contributed by atoms with E-state index in [1.54, 1.807) is 29.3 Å². The molecule has 1 N–H and O–H groups in total. The lowest BCUT2D eigenvalue weighted by atomic mass is 10.2. The Morgan fingerprint density at radius 1 is 1.14 bits per heavy atom. The average molecular weight is 392 g/mol. The summed E-state index contributed by atoms with van der Waals surface area (Å²) in [6.07, 6.45) is 7.16. The first kappa shape index (κ1) is 19.1. The van der Waals surface area contributed by atoms with Gasteiger partial charge in [-0.15, -0.1) is 0 Å². The Morgan fingerprint density at radius 3 is 2.66 bits per heavy atom. The average Bonchev–Trinajstić information content (AvgIpc) is 3.26. The first-order chi connectivity index (χ1) is 14.1. The van der Waals surface area contributed by atoms with Gasteiger partial charge in [0.05, 0.1) is 17.8 Å². The van der Waals surface area contributed by atoms with Crippen LogP contribution in [0, 0.1) is 0 Å². The predicted octanol–water partition coefficient (Wildman–Crippen LogP) is 2.21. The van der Waals surface area contributed by atoms with Crippen LogP contribution in [-0.2, 0) is 11.3 Å². The highest BCUT2D eigenvalue weighted by Gasteiger charge is 2.23. The van der Waals surface area contributed by atoms with Crippen LogP contribution in [0.1, 0.15) is 29.8 Å². The number of morpholine rings is 1. The van der Waals surface area contributed by atoms with Crippen molar-refractivity contribution in [3.63, 3.8) is 0 Å². The monoisotopic (exact) mass is 392 g/mol. The molecule has 0 radical (unpaired) electrons. The number of carbonyl (C=O) groups excluding carboxylic acids is 1. The lowest BCUT2D eigenvalue weighted by Gasteiger charge is -2.36. The second kappa shape index (κ2) is 8.40. The predicted molar refractivity (Wildman–Crippen MR) is 109 cm³/mol. The van der Waals surface area contributed by atoms with Crippen LogP contribution in [-0.4, -0.2) is 51.0 Å². The summed E-state index contributed by atoms with van der Waals surface area (Å²) in [5.74, 6) is 1.38. The highest BCUT2D eigenvalue weighted by molar-refractivity contribution is 5.94. The molecule has 1 aliphatic rings. The smallest absolute Gasteiger partial charge is 0.253 e. The summed E-state index contributed by atoms with van der Waals surface area (Å²) < 4.78 is 7.45. The number of pyridine rings is 2. The van der Waals surface area contributed by atoms with E-state index < -0.39 is 0 Å². The van der Waals surface area contributed by atoms with Crippen LogP contribution >= 0.6 is 0 Å². The van der Waals surface area contributed by atoms with Crippen LogP contribution in [0.4, 0.5) is 5.82 Å². The highest BCUT2D eigenvalue weighted by atomic mass is 16.5. The Labute approximate surface area is 169 Å². The third kappa shape index (κ3) is 4.43. The van der Waals surface area contributed by atoms with Crippen LogP contribution in [0.5, 0.6) is 0 Å². The molecule has 8 nitrogen and oxygen atoms in total. The molecular formula is C21H24N6O2. The lowest BCUT2D eigenvalue weighted by molar-refractivity contribution is -0.00546. The Bertz CT molecular complexity index is 948. The summed E-state index contributed by atoms with van der Waals surface area (Å²) in [6, 6.07) is 9.29. The third-order valence-electron chi connectivity index (χ3n) is 4.78. The van der Waals surface area contributed by atoms with E-state index in [4.69, 9.17) is 4.74 Å². The molecule has 0 bridgehead atoms. The van der Waals surface area contributed by atoms with Gasteiger partial charge >= 0.3 is 0 Å². The lowest BCUT2D eigenvalue weighted by Crippen LogP contribution is -2.45. The van der Waals surface area contributed by atoms with Crippen LogP contribution in [0.15, 0.2) is 55.1 Å². The number of nitrogens with zero attached hydrogens (tertiary/aromatic N) is 5. The van der Waals surface area contributed by atoms with E-state index in [1.807, 2.05) is 30.5 Å². The first-order valence-electron chi connectivity index (χ1n) is 9.68. The summed E-state index contributed by atoms with van der Waals surface area (Å²) >= 11 is 0. The molecule has 4 heterocycles. The minimum atomic E-state index is -0.178. The molecule has 150 valence electrons. The zero-order valence-corrected chi connectivity index (χ0v) is 16.5. The molecule has 1 aliphatic heterocycles. The summed E-state index contributed by atoms with van der Waals surface area (Å²) in [6.45, 7) is 6.04. The Morgan fingerprint density at radius 2 is 1.97 bits per heavy atom. The van der Waals surface area contributed by atoms with Crippen LogP contribution in [0.3, 0.4) is 0 Å². The number of anilines is 1. The molecule has 0 aliphatic carbocycles. The second-order valence-electron chi connectivity index (χ2n) is 7.19. The van der Waals surface area contributed by atoms with Crippen molar-refractivity contribution in [2.45, 2.75) is 32.6 Å². The molecule has 0 spiro atoms. The SMILES string of the molecule is CC1CN(c2ccc(C(=O)NCc3cccnc3-n3cccn3)cn2)CC(C)O1. The van der Waals surface area contributed by atoms with Gasteiger partial charge in [-0.2, -0.15) is 5.10 Å². The molecule has 1 saturated heterocycles. The molecule has 0 aromatic carbocycles. The maximum absolute atomic E-state index is 12.6. The van der Waals surface area contributed by atoms with E-state index >= 15 is 0 Å². The van der Waals surface area contributed by atoms with Crippen molar-refractivity contribution in [3.05, 3.63) is 66.2 Å². The molecular weight excluding hydrogens is 368 g/mol. The van der Waals surface area contributed by atoms with Crippen molar-refractivity contribution in [1.82, 2.24) is 25.1 Å². The van der Waals surface area contributed by atoms with Crippen molar-refractivity contribution >= 4 is 11.7 Å². The van der Waals surface area contributed by atoms with E-state index in [0.717, 1.165) is 24.5 Å². The zero-order chi connectivity index (χ0) is 20.2. The van der Waals surface area contributed by atoms with Crippen LogP contribution in [0.2, 0.25) is 0 Å². The van der Waals surface area contributed by atoms with Gasteiger partial charge in [0.15, 0.2) is 5.82 Å². The number of hydrogen-bond donors (Lipinski definition) is 1. The van der Waals surface area contributed by atoms with Crippen molar-refractivity contribution in [1.29, 1.82) is 0 Å². The third-order valence-corrected chi connectivity index (χ3v) is 4.78. The maximum atomic E-state index is 12.6. The molecule has 1 amide bonds. The van der Waals surface area contributed by atoms with Crippen molar-refractivity contribution in [2.24, 2.45) is 0 Å². The number of ether oxygens (including phenoxy) is 1. The molecule has 3 aromatic heterocycles. The first-order valence-corrected chi connectivity index (χ1v) is 9.68. The zero-order valence-electron chi connectivity index (χ0n) is 16.5. The second-order valence-corrected chi connectivity index (χ2v) is 7.19. The van der Waals surface area contributed by atoms with Gasteiger partial charge in [0, 0.05) is 50.0 Å². The standard InChI is InChI=1S/C21H24N6O2/c1-15-13-26(14-16(2)29-15)19-7-6-18(12-23-19)21(28)24-11-17-5-3-8-22-20(17)27-10-4-9-25-27/h3-10,12,15-16H,11,13-14H2,1-2H3,(H,24,28). The number of nitrogens with one attached hydrogen (secondary N) is 1. The minimum absolute atomic E-state index is 0.159. The van der Waals surface area contributed by atoms with Gasteiger partial charge in [0.2, 0.25) is 0 Å². The molecule has 4 rings (SSSR count). The fourth-order valence-electron chi connectivity index (χ4n) is 3.52. The van der Waals surface area contributed by atoms with Gasteiger partial charge in [-0.3, -0.25) is 4.79 Å². The van der Waals surface area contributed by atoms with Gasteiger partial charge in [-0.1, -0.05) is 6.07 Å². The molecule has 2 unspecified atom stereocenters. The van der Waals surface area contributed by atoms with Gasteiger partial charge in [0.25, 0.3) is 5.91 Å². The van der Waals surface area contributed by atoms with Crippen molar-refractivity contribution in [2.75, 3.05) is 18.0 Å². The summed E-state index contributed by atoms with van der Waals surface area (Å²) in [7, 11) is 0. The number of amides is 1. The van der Waals surface area contributed by atoms with Gasteiger partial charge in [-0.05, 0) is 38.1 Å².